The molecule has 7 heteroatoms. The molecule has 0 saturated carbocycles. The second-order valence-electron chi connectivity index (χ2n) is 7.39. The van der Waals surface area contributed by atoms with Crippen LogP contribution in [-0.2, 0) is 9.53 Å². The van der Waals surface area contributed by atoms with Crippen molar-refractivity contribution in [2.75, 3.05) is 13.7 Å². The molecule has 0 aliphatic carbocycles. The number of rotatable bonds is 6. The van der Waals surface area contributed by atoms with Crippen LogP contribution in [0.15, 0.2) is 81.7 Å². The van der Waals surface area contributed by atoms with Crippen molar-refractivity contribution in [2.45, 2.75) is 19.9 Å². The number of fused-ring (bicyclic) bond motifs is 1. The summed E-state index contributed by atoms with van der Waals surface area (Å²) in [5.74, 6) is 0.278. The van der Waals surface area contributed by atoms with Crippen LogP contribution in [0.5, 0.6) is 5.75 Å². The highest BCUT2D eigenvalue weighted by Crippen LogP contribution is 2.26. The van der Waals surface area contributed by atoms with Crippen LogP contribution >= 0.6 is 11.3 Å². The Labute approximate surface area is 195 Å². The van der Waals surface area contributed by atoms with Crippen LogP contribution in [0, 0.1) is 0 Å². The van der Waals surface area contributed by atoms with Crippen LogP contribution in [0.4, 0.5) is 0 Å². The van der Waals surface area contributed by atoms with Gasteiger partial charge in [0, 0.05) is 0 Å². The van der Waals surface area contributed by atoms with E-state index in [1.807, 2.05) is 72.8 Å². The summed E-state index contributed by atoms with van der Waals surface area (Å²) in [7, 11) is 1.61. The number of carbonyl (C=O) groups excluding carboxylic acids is 1. The molecule has 6 nitrogen and oxygen atoms in total. The third-order valence-electron chi connectivity index (χ3n) is 5.24. The molecular weight excluding hydrogens is 436 g/mol. The molecule has 1 unspecified atom stereocenters. The van der Waals surface area contributed by atoms with Crippen molar-refractivity contribution in [3.63, 3.8) is 0 Å². The molecule has 4 rings (SSSR count). The number of carbonyl (C=O) groups is 1. The first-order chi connectivity index (χ1) is 16.0. The minimum Gasteiger partial charge on any atom is -0.497 e. The Kier molecular flexibility index (Phi) is 6.70. The predicted octanol–water partition coefficient (Wildman–Crippen LogP) is 3.47. The lowest BCUT2D eigenvalue weighted by Gasteiger charge is -2.21. The summed E-state index contributed by atoms with van der Waals surface area (Å²) < 4.78 is 12.6. The quantitative estimate of drug-likeness (QED) is 0.528. The number of benzene rings is 2. The first-order valence-electron chi connectivity index (χ1n) is 10.6. The second kappa shape index (κ2) is 9.83. The van der Waals surface area contributed by atoms with Crippen LogP contribution in [0.3, 0.4) is 0 Å². The Morgan fingerprint density at radius 3 is 2.52 bits per heavy atom. The Morgan fingerprint density at radius 1 is 1.12 bits per heavy atom. The summed E-state index contributed by atoms with van der Waals surface area (Å²) in [4.78, 5) is 31.4. The van der Waals surface area contributed by atoms with Crippen LogP contribution in [0.2, 0.25) is 0 Å². The van der Waals surface area contributed by atoms with E-state index in [0.29, 0.717) is 20.6 Å². The van der Waals surface area contributed by atoms with Crippen molar-refractivity contribution in [2.24, 2.45) is 4.99 Å². The Morgan fingerprint density at radius 2 is 1.85 bits per heavy atom. The van der Waals surface area contributed by atoms with E-state index < -0.39 is 12.0 Å². The van der Waals surface area contributed by atoms with Crippen LogP contribution in [0.25, 0.3) is 12.2 Å². The fourth-order valence-electron chi connectivity index (χ4n) is 3.63. The average molecular weight is 461 g/mol. The number of hydrogen-bond acceptors (Lipinski definition) is 6. The SMILES string of the molecule is CCOC(=O)C1=C(C)N=c2s/c(=C/c3ccc(OC)cc3)c(=O)n2C1/C=C/c1ccccc1. The highest BCUT2D eigenvalue weighted by atomic mass is 32.1. The number of allylic oxidation sites excluding steroid dienone is 2. The van der Waals surface area contributed by atoms with Crippen molar-refractivity contribution in [3.05, 3.63) is 103 Å². The summed E-state index contributed by atoms with van der Waals surface area (Å²) in [5.41, 5.74) is 2.56. The maximum absolute atomic E-state index is 13.4. The first-order valence-corrected chi connectivity index (χ1v) is 11.4. The monoisotopic (exact) mass is 460 g/mol. The van der Waals surface area contributed by atoms with Crippen molar-refractivity contribution in [1.29, 1.82) is 0 Å². The Balaban J connectivity index is 1.84. The van der Waals surface area contributed by atoms with Gasteiger partial charge in [-0.2, -0.15) is 0 Å². The fourth-order valence-corrected chi connectivity index (χ4v) is 4.69. The third-order valence-corrected chi connectivity index (χ3v) is 6.23. The highest BCUT2D eigenvalue weighted by molar-refractivity contribution is 7.07. The average Bonchev–Trinajstić information content (AvgIpc) is 3.13. The molecule has 0 amide bonds. The predicted molar refractivity (Wildman–Crippen MR) is 130 cm³/mol. The molecule has 33 heavy (non-hydrogen) atoms. The number of nitrogens with zero attached hydrogens (tertiary/aromatic N) is 2. The summed E-state index contributed by atoms with van der Waals surface area (Å²) in [5, 5.41) is 0. The van der Waals surface area contributed by atoms with E-state index in [1.165, 1.54) is 11.3 Å². The molecule has 1 atom stereocenters. The normalized spacial score (nSPS) is 16.0. The molecule has 2 heterocycles. The highest BCUT2D eigenvalue weighted by Gasteiger charge is 2.30. The molecule has 1 aromatic heterocycles. The number of aromatic nitrogens is 1. The summed E-state index contributed by atoms with van der Waals surface area (Å²) in [6, 6.07) is 16.6. The molecule has 0 radical (unpaired) electrons. The van der Waals surface area contributed by atoms with E-state index >= 15 is 0 Å². The molecule has 2 aromatic carbocycles. The molecule has 0 fully saturated rings. The van der Waals surface area contributed by atoms with E-state index in [9.17, 15) is 9.59 Å². The lowest BCUT2D eigenvalue weighted by molar-refractivity contribution is -0.139. The molecule has 0 spiro atoms. The zero-order chi connectivity index (χ0) is 23.4. The van der Waals surface area contributed by atoms with Crippen molar-refractivity contribution in [1.82, 2.24) is 4.57 Å². The number of thiazole rings is 1. The number of esters is 1. The van der Waals surface area contributed by atoms with Gasteiger partial charge in [0.05, 0.1) is 35.6 Å². The van der Waals surface area contributed by atoms with Gasteiger partial charge in [-0.05, 0) is 43.2 Å². The van der Waals surface area contributed by atoms with E-state index in [-0.39, 0.29) is 12.2 Å². The first kappa shape index (κ1) is 22.5. The van der Waals surface area contributed by atoms with Gasteiger partial charge in [-0.3, -0.25) is 9.36 Å². The molecule has 1 aliphatic heterocycles. The third kappa shape index (κ3) is 4.73. The van der Waals surface area contributed by atoms with Gasteiger partial charge in [0.1, 0.15) is 5.75 Å². The summed E-state index contributed by atoms with van der Waals surface area (Å²) in [6.45, 7) is 3.77. The van der Waals surface area contributed by atoms with E-state index in [0.717, 1.165) is 16.9 Å². The van der Waals surface area contributed by atoms with Crippen LogP contribution in [-0.4, -0.2) is 24.3 Å². The lowest BCUT2D eigenvalue weighted by Crippen LogP contribution is -2.38. The fraction of sp³-hybridized carbons (Fsp3) is 0.192. The number of ether oxygens (including phenoxy) is 2. The summed E-state index contributed by atoms with van der Waals surface area (Å²) in [6.07, 6.45) is 5.59. The lowest BCUT2D eigenvalue weighted by atomic mass is 10.0. The van der Waals surface area contributed by atoms with Gasteiger partial charge >= 0.3 is 5.97 Å². The van der Waals surface area contributed by atoms with Crippen molar-refractivity contribution >= 4 is 29.5 Å². The van der Waals surface area contributed by atoms with Gasteiger partial charge < -0.3 is 9.47 Å². The molecule has 1 aliphatic rings. The van der Waals surface area contributed by atoms with Crippen molar-refractivity contribution < 1.29 is 14.3 Å². The Hall–Kier alpha value is -3.71. The maximum atomic E-state index is 13.4. The molecular formula is C26H24N2O4S. The van der Waals surface area contributed by atoms with E-state index in [2.05, 4.69) is 4.99 Å². The van der Waals surface area contributed by atoms with E-state index in [1.54, 1.807) is 25.5 Å². The number of hydrogen-bond donors (Lipinski definition) is 0. The summed E-state index contributed by atoms with van der Waals surface area (Å²) >= 11 is 1.30. The minimum atomic E-state index is -0.612. The molecule has 3 aromatic rings. The largest absolute Gasteiger partial charge is 0.497 e. The van der Waals surface area contributed by atoms with Crippen molar-refractivity contribution in [3.8, 4) is 5.75 Å². The second-order valence-corrected chi connectivity index (χ2v) is 8.40. The standard InChI is InChI=1S/C26H24N2O4S/c1-4-32-25(30)23-17(2)27-26-28(21(23)15-12-18-8-6-5-7-9-18)24(29)22(33-26)16-19-10-13-20(31-3)14-11-19/h5-16,21H,4H2,1-3H3/b15-12+,22-16+. The van der Waals surface area contributed by atoms with Gasteiger partial charge in [-0.25, -0.2) is 9.79 Å². The van der Waals surface area contributed by atoms with Crippen LogP contribution < -0.4 is 19.6 Å². The van der Waals surface area contributed by atoms with E-state index in [4.69, 9.17) is 9.47 Å². The molecule has 0 bridgehead atoms. The molecule has 168 valence electrons. The van der Waals surface area contributed by atoms with Gasteiger partial charge in [0.2, 0.25) is 0 Å². The zero-order valence-corrected chi connectivity index (χ0v) is 19.5. The van der Waals surface area contributed by atoms with Gasteiger partial charge in [-0.1, -0.05) is 66.0 Å². The topological polar surface area (TPSA) is 69.9 Å². The molecule has 0 N–H and O–H groups in total. The van der Waals surface area contributed by atoms with Gasteiger partial charge in [0.25, 0.3) is 5.56 Å². The Bertz CT molecular complexity index is 1400. The minimum absolute atomic E-state index is 0.202. The smallest absolute Gasteiger partial charge is 0.338 e. The maximum Gasteiger partial charge on any atom is 0.338 e. The van der Waals surface area contributed by atoms with Gasteiger partial charge in [0.15, 0.2) is 4.80 Å². The van der Waals surface area contributed by atoms with Crippen LogP contribution in [0.1, 0.15) is 31.0 Å². The van der Waals surface area contributed by atoms with Gasteiger partial charge in [-0.15, -0.1) is 0 Å². The zero-order valence-electron chi connectivity index (χ0n) is 18.6. The number of methoxy groups -OCH3 is 1. The molecule has 0 saturated heterocycles.